The average molecular weight is 617 g/mol. The largest absolute Gasteiger partial charge is 0.487 e. The summed E-state index contributed by atoms with van der Waals surface area (Å²) in [5.41, 5.74) is 5.02. The van der Waals surface area contributed by atoms with Crippen molar-refractivity contribution in [2.75, 3.05) is 0 Å². The minimum atomic E-state index is -0.246. The van der Waals surface area contributed by atoms with E-state index < -0.39 is 0 Å². The van der Waals surface area contributed by atoms with Gasteiger partial charge in [0.1, 0.15) is 12.4 Å². The molecule has 0 fully saturated rings. The van der Waals surface area contributed by atoms with Crippen LogP contribution in [-0.4, -0.2) is 12.1 Å². The molecule has 0 bridgehead atoms. The lowest BCUT2D eigenvalue weighted by Crippen LogP contribution is -2.17. The van der Waals surface area contributed by atoms with E-state index >= 15 is 0 Å². The summed E-state index contributed by atoms with van der Waals surface area (Å²) in [6.45, 7) is 0.462. The summed E-state index contributed by atoms with van der Waals surface area (Å²) in [6, 6.07) is 20.5. The molecule has 0 spiro atoms. The van der Waals surface area contributed by atoms with E-state index in [0.717, 1.165) is 24.0 Å². The Kier molecular flexibility index (Phi) is 7.69. The minimum Gasteiger partial charge on any atom is -0.487 e. The number of nitrogens with zero attached hydrogens (tertiary/aromatic N) is 1. The molecule has 0 aliphatic rings. The number of ether oxygens (including phenoxy) is 1. The van der Waals surface area contributed by atoms with Gasteiger partial charge in [0.05, 0.1) is 13.4 Å². The Morgan fingerprint density at radius 2 is 1.68 bits per heavy atom. The first-order valence-corrected chi connectivity index (χ1v) is 10.8. The summed E-state index contributed by atoms with van der Waals surface area (Å²) in [6.07, 6.45) is 1.62. The Morgan fingerprint density at radius 3 is 2.32 bits per heavy atom. The zero-order valence-corrected chi connectivity index (χ0v) is 19.6. The van der Waals surface area contributed by atoms with E-state index in [1.165, 1.54) is 0 Å². The second-order valence-electron chi connectivity index (χ2n) is 5.79. The number of nitrogens with one attached hydrogen (secondary N) is 1. The van der Waals surface area contributed by atoms with E-state index in [0.29, 0.717) is 17.2 Å². The van der Waals surface area contributed by atoms with Crippen molar-refractivity contribution in [1.29, 1.82) is 0 Å². The molecule has 0 aliphatic heterocycles. The Balaban J connectivity index is 1.64. The van der Waals surface area contributed by atoms with Gasteiger partial charge in [-0.3, -0.25) is 4.79 Å². The van der Waals surface area contributed by atoms with Crippen LogP contribution in [0.4, 0.5) is 0 Å². The predicted molar refractivity (Wildman–Crippen MR) is 129 cm³/mol. The molecule has 0 aliphatic carbocycles. The van der Waals surface area contributed by atoms with Crippen molar-refractivity contribution < 1.29 is 9.53 Å². The van der Waals surface area contributed by atoms with Crippen molar-refractivity contribution >= 4 is 68.9 Å². The van der Waals surface area contributed by atoms with E-state index in [-0.39, 0.29) is 5.91 Å². The molecule has 0 heterocycles. The van der Waals surface area contributed by atoms with Crippen LogP contribution in [0.1, 0.15) is 21.5 Å². The van der Waals surface area contributed by atoms with Gasteiger partial charge in [-0.1, -0.05) is 41.9 Å². The summed E-state index contributed by atoms with van der Waals surface area (Å²) < 4.78 is 7.91. The van der Waals surface area contributed by atoms with Crippen molar-refractivity contribution in [2.45, 2.75) is 6.61 Å². The average Bonchev–Trinajstić information content (AvgIpc) is 2.69. The highest BCUT2D eigenvalue weighted by molar-refractivity contribution is 14.1. The van der Waals surface area contributed by atoms with Crippen LogP contribution in [0.15, 0.2) is 71.8 Å². The monoisotopic (exact) mass is 616 g/mol. The molecule has 7 heteroatoms. The number of hydrogen-bond acceptors (Lipinski definition) is 3. The molecule has 1 amide bonds. The smallest absolute Gasteiger partial charge is 0.271 e. The number of rotatable bonds is 6. The van der Waals surface area contributed by atoms with Crippen LogP contribution >= 0.6 is 56.8 Å². The third-order valence-corrected chi connectivity index (χ3v) is 5.59. The van der Waals surface area contributed by atoms with Crippen molar-refractivity contribution in [2.24, 2.45) is 5.10 Å². The first kappa shape index (κ1) is 21.1. The first-order valence-electron chi connectivity index (χ1n) is 8.27. The molecule has 3 aromatic rings. The summed E-state index contributed by atoms with van der Waals surface area (Å²) in [5, 5.41) is 4.75. The van der Waals surface area contributed by atoms with Gasteiger partial charge in [-0.15, -0.1) is 0 Å². The Morgan fingerprint density at radius 1 is 1.04 bits per heavy atom. The van der Waals surface area contributed by atoms with Crippen LogP contribution in [-0.2, 0) is 6.61 Å². The van der Waals surface area contributed by atoms with E-state index in [1.54, 1.807) is 18.3 Å². The molecule has 4 nitrogen and oxygen atoms in total. The maximum absolute atomic E-state index is 12.0. The number of amides is 1. The predicted octanol–water partition coefficient (Wildman–Crippen LogP) is 5.89. The molecule has 0 unspecified atom stereocenters. The lowest BCUT2D eigenvalue weighted by Gasteiger charge is -2.11. The van der Waals surface area contributed by atoms with Gasteiger partial charge in [-0.25, -0.2) is 5.43 Å². The highest BCUT2D eigenvalue weighted by Crippen LogP contribution is 2.29. The van der Waals surface area contributed by atoms with Crippen LogP contribution in [0.5, 0.6) is 5.75 Å². The van der Waals surface area contributed by atoms with Gasteiger partial charge in [0, 0.05) is 10.6 Å². The quantitative estimate of drug-likeness (QED) is 0.213. The molecule has 28 heavy (non-hydrogen) atoms. The van der Waals surface area contributed by atoms with Crippen molar-refractivity contribution in [3.63, 3.8) is 0 Å². The molecule has 0 saturated carbocycles. The highest BCUT2D eigenvalue weighted by atomic mass is 127. The fourth-order valence-electron chi connectivity index (χ4n) is 2.35. The Labute approximate surface area is 195 Å². The van der Waals surface area contributed by atoms with Gasteiger partial charge in [-0.05, 0) is 92.7 Å². The summed E-state index contributed by atoms with van der Waals surface area (Å²) in [7, 11) is 0. The van der Waals surface area contributed by atoms with E-state index in [1.807, 2.05) is 54.6 Å². The van der Waals surface area contributed by atoms with Gasteiger partial charge in [0.15, 0.2) is 0 Å². The lowest BCUT2D eigenvalue weighted by molar-refractivity contribution is 0.0955. The number of hydrazone groups is 1. The van der Waals surface area contributed by atoms with Gasteiger partial charge in [0.2, 0.25) is 0 Å². The minimum absolute atomic E-state index is 0.246. The second-order valence-corrected chi connectivity index (χ2v) is 8.55. The SMILES string of the molecule is O=C(N/N=C\c1cc(I)c(OCc2ccc(Cl)cc2)c(I)c1)c1ccccc1. The molecule has 0 saturated heterocycles. The van der Waals surface area contributed by atoms with E-state index in [2.05, 4.69) is 55.7 Å². The zero-order chi connectivity index (χ0) is 19.9. The Bertz CT molecular complexity index is 970. The molecular weight excluding hydrogens is 602 g/mol. The van der Waals surface area contributed by atoms with Crippen LogP contribution in [0.3, 0.4) is 0 Å². The van der Waals surface area contributed by atoms with E-state index in [9.17, 15) is 4.79 Å². The molecule has 3 rings (SSSR count). The molecule has 0 atom stereocenters. The Hall–Kier alpha value is -1.65. The third kappa shape index (κ3) is 5.92. The molecule has 3 aromatic carbocycles. The fraction of sp³-hybridized carbons (Fsp3) is 0.0476. The van der Waals surface area contributed by atoms with E-state index in [4.69, 9.17) is 16.3 Å². The normalized spacial score (nSPS) is 10.8. The summed E-state index contributed by atoms with van der Waals surface area (Å²) >= 11 is 10.4. The number of carbonyl (C=O) groups excluding carboxylic acids is 1. The number of hydrogen-bond donors (Lipinski definition) is 1. The summed E-state index contributed by atoms with van der Waals surface area (Å²) in [5.74, 6) is 0.575. The first-order chi connectivity index (χ1) is 13.5. The lowest BCUT2D eigenvalue weighted by atomic mass is 10.2. The third-order valence-electron chi connectivity index (χ3n) is 3.73. The van der Waals surface area contributed by atoms with Crippen molar-refractivity contribution in [3.8, 4) is 5.75 Å². The van der Waals surface area contributed by atoms with Gasteiger partial charge < -0.3 is 4.74 Å². The molecule has 1 N–H and O–H groups in total. The van der Waals surface area contributed by atoms with Crippen molar-refractivity contribution in [3.05, 3.63) is 95.6 Å². The molecule has 142 valence electrons. The van der Waals surface area contributed by atoms with Gasteiger partial charge >= 0.3 is 0 Å². The van der Waals surface area contributed by atoms with Crippen LogP contribution in [0.2, 0.25) is 5.02 Å². The molecular formula is C21H15ClI2N2O2. The van der Waals surface area contributed by atoms with Crippen molar-refractivity contribution in [1.82, 2.24) is 5.43 Å². The topological polar surface area (TPSA) is 50.7 Å². The van der Waals surface area contributed by atoms with Crippen LogP contribution in [0, 0.1) is 7.14 Å². The zero-order valence-electron chi connectivity index (χ0n) is 14.5. The number of carbonyl (C=O) groups is 1. The van der Waals surface area contributed by atoms with Gasteiger partial charge in [-0.2, -0.15) is 5.10 Å². The summed E-state index contributed by atoms with van der Waals surface area (Å²) in [4.78, 5) is 12.0. The van der Waals surface area contributed by atoms with Crippen LogP contribution in [0.25, 0.3) is 0 Å². The number of benzene rings is 3. The molecule has 0 radical (unpaired) electrons. The molecule has 0 aromatic heterocycles. The fourth-order valence-corrected chi connectivity index (χ4v) is 4.60. The standard InChI is InChI=1S/C21H15ClI2N2O2/c22-17-8-6-14(7-9-17)13-28-20-18(23)10-15(11-19(20)24)12-25-26-21(27)16-4-2-1-3-5-16/h1-12H,13H2,(H,26,27)/b25-12-. The second kappa shape index (κ2) is 10.2. The number of halogens is 3. The van der Waals surface area contributed by atoms with Crippen LogP contribution < -0.4 is 10.2 Å². The van der Waals surface area contributed by atoms with Gasteiger partial charge in [0.25, 0.3) is 5.91 Å². The maximum Gasteiger partial charge on any atom is 0.271 e. The maximum atomic E-state index is 12.0. The highest BCUT2D eigenvalue weighted by Gasteiger charge is 2.09.